The van der Waals surface area contributed by atoms with E-state index in [0.29, 0.717) is 5.11 Å². The maximum atomic E-state index is 13.3. The molecule has 2 nitrogen and oxygen atoms in total. The van der Waals surface area contributed by atoms with Gasteiger partial charge < -0.3 is 10.6 Å². The molecule has 1 heterocycles. The number of hydrogen-bond acceptors (Lipinski definition) is 1. The molecule has 4 rings (SSSR count). The lowest BCUT2D eigenvalue weighted by atomic mass is 9.83. The predicted octanol–water partition coefficient (Wildman–Crippen LogP) is 5.01. The first-order valence-electron chi connectivity index (χ1n) is 8.63. The van der Waals surface area contributed by atoms with E-state index in [2.05, 4.69) is 16.7 Å². The van der Waals surface area contributed by atoms with Gasteiger partial charge in [0.2, 0.25) is 0 Å². The normalized spacial score (nSPS) is 21.2. The molecule has 0 spiro atoms. The van der Waals surface area contributed by atoms with Crippen LogP contribution in [0.25, 0.3) is 6.08 Å². The van der Waals surface area contributed by atoms with E-state index < -0.39 is 0 Å². The maximum Gasteiger partial charge on any atom is 0.171 e. The molecule has 0 bridgehead atoms. The summed E-state index contributed by atoms with van der Waals surface area (Å²) in [6, 6.07) is 12.9. The van der Waals surface area contributed by atoms with Crippen molar-refractivity contribution in [1.82, 2.24) is 10.6 Å². The number of allylic oxidation sites excluding steroid dienone is 1. The summed E-state index contributed by atoms with van der Waals surface area (Å²) in [5, 5.41) is 7.16. The summed E-state index contributed by atoms with van der Waals surface area (Å²) in [6.45, 7) is 0. The average Bonchev–Trinajstić information content (AvgIpc) is 2.64. The minimum atomic E-state index is -0.250. The van der Waals surface area contributed by atoms with E-state index in [4.69, 9.17) is 12.2 Å². The molecule has 0 radical (unpaired) electrons. The Morgan fingerprint density at radius 2 is 1.58 bits per heavy atom. The number of nitrogens with one attached hydrogen (secondary N) is 2. The molecule has 0 aromatic heterocycles. The lowest BCUT2D eigenvalue weighted by Crippen LogP contribution is -2.45. The Kier molecular flexibility index (Phi) is 4.55. The first kappa shape index (κ1) is 16.9. The van der Waals surface area contributed by atoms with Crippen molar-refractivity contribution in [2.45, 2.75) is 25.3 Å². The molecule has 1 aliphatic heterocycles. The number of hydrogen-bond donors (Lipinski definition) is 2. The largest absolute Gasteiger partial charge is 0.352 e. The van der Waals surface area contributed by atoms with Gasteiger partial charge in [-0.25, -0.2) is 8.78 Å². The SMILES string of the molecule is Fc1ccc(C=C2CCCC3=C2NC(=S)N[C@@H]3c2ccc(F)cc2)cc1. The topological polar surface area (TPSA) is 24.1 Å². The summed E-state index contributed by atoms with van der Waals surface area (Å²) in [5.74, 6) is -0.492. The first-order chi connectivity index (χ1) is 12.6. The summed E-state index contributed by atoms with van der Waals surface area (Å²) in [7, 11) is 0. The lowest BCUT2D eigenvalue weighted by Gasteiger charge is -2.36. The van der Waals surface area contributed by atoms with Crippen LogP contribution in [-0.4, -0.2) is 5.11 Å². The molecule has 2 N–H and O–H groups in total. The molecule has 0 fully saturated rings. The molecule has 0 unspecified atom stereocenters. The van der Waals surface area contributed by atoms with Crippen LogP contribution in [0.1, 0.15) is 36.4 Å². The molecule has 2 aliphatic rings. The number of rotatable bonds is 2. The van der Waals surface area contributed by atoms with Crippen molar-refractivity contribution in [1.29, 1.82) is 0 Å². The summed E-state index contributed by atoms with van der Waals surface area (Å²) in [6.07, 6.45) is 4.99. The van der Waals surface area contributed by atoms with E-state index in [1.165, 1.54) is 29.8 Å². The highest BCUT2D eigenvalue weighted by Gasteiger charge is 2.30. The van der Waals surface area contributed by atoms with Crippen molar-refractivity contribution in [3.8, 4) is 0 Å². The van der Waals surface area contributed by atoms with Crippen LogP contribution in [0.15, 0.2) is 65.4 Å². The second kappa shape index (κ2) is 7.00. The van der Waals surface area contributed by atoms with Crippen LogP contribution < -0.4 is 10.6 Å². The van der Waals surface area contributed by atoms with Gasteiger partial charge in [0.05, 0.1) is 6.04 Å². The summed E-state index contributed by atoms with van der Waals surface area (Å²) in [5.41, 5.74) is 5.38. The summed E-state index contributed by atoms with van der Waals surface area (Å²) in [4.78, 5) is 0. The second-order valence-electron chi connectivity index (χ2n) is 6.56. The van der Waals surface area contributed by atoms with Crippen molar-refractivity contribution in [2.75, 3.05) is 0 Å². The Morgan fingerprint density at radius 3 is 2.27 bits per heavy atom. The van der Waals surface area contributed by atoms with Gasteiger partial charge in [-0.3, -0.25) is 0 Å². The third-order valence-corrected chi connectivity index (χ3v) is 5.03. The Morgan fingerprint density at radius 1 is 0.923 bits per heavy atom. The zero-order chi connectivity index (χ0) is 18.1. The van der Waals surface area contributed by atoms with Gasteiger partial charge in [0.25, 0.3) is 0 Å². The number of benzene rings is 2. The van der Waals surface area contributed by atoms with E-state index in [1.807, 2.05) is 0 Å². The molecule has 0 saturated heterocycles. The van der Waals surface area contributed by atoms with Crippen molar-refractivity contribution in [3.05, 3.63) is 88.1 Å². The molecular formula is C21H18F2N2S. The second-order valence-corrected chi connectivity index (χ2v) is 6.97. The van der Waals surface area contributed by atoms with Crippen LogP contribution in [0, 0.1) is 11.6 Å². The van der Waals surface area contributed by atoms with Gasteiger partial charge in [0.1, 0.15) is 11.6 Å². The molecule has 132 valence electrons. The van der Waals surface area contributed by atoms with Crippen LogP contribution in [0.4, 0.5) is 8.78 Å². The van der Waals surface area contributed by atoms with Crippen LogP contribution in [0.5, 0.6) is 0 Å². The van der Waals surface area contributed by atoms with E-state index in [-0.39, 0.29) is 17.7 Å². The fraction of sp³-hybridized carbons (Fsp3) is 0.190. The van der Waals surface area contributed by atoms with Gasteiger partial charge in [-0.05, 0) is 84.1 Å². The first-order valence-corrected chi connectivity index (χ1v) is 9.03. The Bertz CT molecular complexity index is 899. The van der Waals surface area contributed by atoms with E-state index >= 15 is 0 Å². The maximum absolute atomic E-state index is 13.3. The van der Waals surface area contributed by atoms with Crippen LogP contribution in [0.3, 0.4) is 0 Å². The van der Waals surface area contributed by atoms with Crippen LogP contribution in [-0.2, 0) is 0 Å². The Balaban J connectivity index is 1.75. The van der Waals surface area contributed by atoms with E-state index in [0.717, 1.165) is 41.7 Å². The van der Waals surface area contributed by atoms with Crippen molar-refractivity contribution >= 4 is 23.4 Å². The van der Waals surface area contributed by atoms with Gasteiger partial charge in [0.15, 0.2) is 5.11 Å². The monoisotopic (exact) mass is 368 g/mol. The van der Waals surface area contributed by atoms with Crippen LogP contribution in [0.2, 0.25) is 0 Å². The zero-order valence-electron chi connectivity index (χ0n) is 14.1. The molecule has 2 aromatic rings. The quantitative estimate of drug-likeness (QED) is 0.729. The third kappa shape index (κ3) is 3.40. The fourth-order valence-corrected chi connectivity index (χ4v) is 3.81. The highest BCUT2D eigenvalue weighted by atomic mass is 32.1. The van der Waals surface area contributed by atoms with Gasteiger partial charge in [0, 0.05) is 5.70 Å². The van der Waals surface area contributed by atoms with Crippen molar-refractivity contribution < 1.29 is 8.78 Å². The standard InChI is InChI=1S/C21H18F2N2S/c22-16-8-4-13(5-9-16)12-15-2-1-3-18-19(24-21(26)25-20(15)18)14-6-10-17(23)11-7-14/h4-12,19H,1-3H2,(H2,24,25,26)/t19-/m1/s1. The average molecular weight is 368 g/mol. The number of halogens is 2. The minimum absolute atomic E-state index is 0.0590. The van der Waals surface area contributed by atoms with Crippen molar-refractivity contribution in [2.24, 2.45) is 0 Å². The smallest absolute Gasteiger partial charge is 0.171 e. The highest BCUT2D eigenvalue weighted by Crippen LogP contribution is 2.38. The van der Waals surface area contributed by atoms with Gasteiger partial charge in [-0.2, -0.15) is 0 Å². The molecule has 26 heavy (non-hydrogen) atoms. The number of thiocarbonyl (C=S) groups is 1. The molecular weight excluding hydrogens is 350 g/mol. The van der Waals surface area contributed by atoms with E-state index in [9.17, 15) is 8.78 Å². The fourth-order valence-electron chi connectivity index (χ4n) is 3.59. The Labute approximate surface area is 156 Å². The summed E-state index contributed by atoms with van der Waals surface area (Å²) >= 11 is 5.40. The van der Waals surface area contributed by atoms with E-state index in [1.54, 1.807) is 24.3 Å². The summed E-state index contributed by atoms with van der Waals surface area (Å²) < 4.78 is 26.4. The molecule has 1 atom stereocenters. The molecule has 1 aliphatic carbocycles. The third-order valence-electron chi connectivity index (χ3n) is 4.81. The lowest BCUT2D eigenvalue weighted by molar-refractivity contribution is 0.602. The van der Waals surface area contributed by atoms with Crippen LogP contribution >= 0.6 is 12.2 Å². The highest BCUT2D eigenvalue weighted by molar-refractivity contribution is 7.80. The predicted molar refractivity (Wildman–Crippen MR) is 103 cm³/mol. The van der Waals surface area contributed by atoms with Gasteiger partial charge in [-0.1, -0.05) is 24.3 Å². The van der Waals surface area contributed by atoms with Gasteiger partial charge in [-0.15, -0.1) is 0 Å². The van der Waals surface area contributed by atoms with Gasteiger partial charge >= 0.3 is 0 Å². The molecule has 0 amide bonds. The molecule has 2 aromatic carbocycles. The molecule has 0 saturated carbocycles. The zero-order valence-corrected chi connectivity index (χ0v) is 14.9. The Hall–Kier alpha value is -2.53. The van der Waals surface area contributed by atoms with Crippen molar-refractivity contribution in [3.63, 3.8) is 0 Å². The molecule has 5 heteroatoms. The minimum Gasteiger partial charge on any atom is -0.352 e.